The van der Waals surface area contributed by atoms with Crippen molar-refractivity contribution in [2.45, 2.75) is 11.8 Å². The highest BCUT2D eigenvalue weighted by molar-refractivity contribution is 9.10. The van der Waals surface area contributed by atoms with Crippen LogP contribution in [0, 0.1) is 11.6 Å². The number of halogens is 3. The lowest BCUT2D eigenvalue weighted by molar-refractivity contribution is 0.0514. The van der Waals surface area contributed by atoms with Crippen molar-refractivity contribution in [1.82, 2.24) is 0 Å². The molecule has 0 aliphatic rings. The van der Waals surface area contributed by atoms with Gasteiger partial charge in [-0.05, 0) is 28.9 Å². The molecule has 0 aromatic heterocycles. The van der Waals surface area contributed by atoms with Crippen LogP contribution in [-0.4, -0.2) is 12.6 Å². The van der Waals surface area contributed by atoms with Crippen LogP contribution in [0.3, 0.4) is 0 Å². The third kappa shape index (κ3) is 2.49. The maximum Gasteiger partial charge on any atom is 0.344 e. The van der Waals surface area contributed by atoms with E-state index in [2.05, 4.69) is 33.3 Å². The Bertz CT molecular complexity index is 410. The highest BCUT2D eigenvalue weighted by Gasteiger charge is 2.22. The van der Waals surface area contributed by atoms with Crippen LogP contribution in [0.1, 0.15) is 17.3 Å². The Morgan fingerprint density at radius 3 is 2.73 bits per heavy atom. The molecule has 6 heteroatoms. The Morgan fingerprint density at radius 2 is 2.20 bits per heavy atom. The van der Waals surface area contributed by atoms with E-state index in [0.717, 1.165) is 6.07 Å². The van der Waals surface area contributed by atoms with Crippen LogP contribution >= 0.6 is 28.6 Å². The zero-order chi connectivity index (χ0) is 11.6. The fourth-order valence-corrected chi connectivity index (χ4v) is 1.52. The number of rotatable bonds is 2. The van der Waals surface area contributed by atoms with Crippen LogP contribution in [0.4, 0.5) is 8.78 Å². The Hall–Kier alpha value is -0.620. The molecule has 0 atom stereocenters. The molecule has 0 bridgehead atoms. The van der Waals surface area contributed by atoms with Gasteiger partial charge in [-0.25, -0.2) is 13.6 Å². The minimum absolute atomic E-state index is 0.0513. The first-order valence-electron chi connectivity index (χ1n) is 4.02. The molecular weight excluding hydrogens is 290 g/mol. The van der Waals surface area contributed by atoms with Crippen LogP contribution in [0.2, 0.25) is 0 Å². The van der Waals surface area contributed by atoms with Crippen LogP contribution in [0.5, 0.6) is 0 Å². The summed E-state index contributed by atoms with van der Waals surface area (Å²) < 4.78 is 31.4. The molecule has 1 aromatic carbocycles. The van der Waals surface area contributed by atoms with E-state index in [9.17, 15) is 13.6 Å². The van der Waals surface area contributed by atoms with E-state index in [1.807, 2.05) is 0 Å². The first-order valence-corrected chi connectivity index (χ1v) is 5.26. The van der Waals surface area contributed by atoms with E-state index >= 15 is 0 Å². The molecule has 0 unspecified atom stereocenters. The molecular formula is C9H7BrF2O2S. The molecule has 0 heterocycles. The second-order valence-corrected chi connectivity index (χ2v) is 3.90. The van der Waals surface area contributed by atoms with Crippen LogP contribution < -0.4 is 0 Å². The molecule has 0 saturated heterocycles. The summed E-state index contributed by atoms with van der Waals surface area (Å²) in [5.74, 6) is -3.03. The quantitative estimate of drug-likeness (QED) is 0.670. The molecule has 15 heavy (non-hydrogen) atoms. The van der Waals surface area contributed by atoms with Gasteiger partial charge < -0.3 is 4.74 Å². The number of ether oxygens (including phenoxy) is 1. The Morgan fingerprint density at radius 1 is 1.60 bits per heavy atom. The third-order valence-electron chi connectivity index (χ3n) is 1.63. The molecule has 0 N–H and O–H groups in total. The van der Waals surface area contributed by atoms with E-state index in [0.29, 0.717) is 0 Å². The third-order valence-corrected chi connectivity index (χ3v) is 2.99. The van der Waals surface area contributed by atoms with Gasteiger partial charge in [-0.15, -0.1) is 12.6 Å². The number of hydrogen-bond acceptors (Lipinski definition) is 3. The summed E-state index contributed by atoms with van der Waals surface area (Å²) in [4.78, 5) is 11.1. The van der Waals surface area contributed by atoms with E-state index < -0.39 is 23.2 Å². The van der Waals surface area contributed by atoms with Gasteiger partial charge >= 0.3 is 5.97 Å². The van der Waals surface area contributed by atoms with Crippen molar-refractivity contribution in [1.29, 1.82) is 0 Å². The van der Waals surface area contributed by atoms with E-state index in [4.69, 9.17) is 0 Å². The van der Waals surface area contributed by atoms with Crippen molar-refractivity contribution < 1.29 is 18.3 Å². The van der Waals surface area contributed by atoms with E-state index in [-0.39, 0.29) is 16.0 Å². The molecule has 0 radical (unpaired) electrons. The zero-order valence-electron chi connectivity index (χ0n) is 7.68. The van der Waals surface area contributed by atoms with Crippen molar-refractivity contribution in [2.24, 2.45) is 0 Å². The number of carbonyl (C=O) groups is 1. The van der Waals surface area contributed by atoms with Crippen molar-refractivity contribution in [3.63, 3.8) is 0 Å². The summed E-state index contributed by atoms with van der Waals surface area (Å²) in [6.07, 6.45) is 0. The monoisotopic (exact) mass is 296 g/mol. The fraction of sp³-hybridized carbons (Fsp3) is 0.222. The Labute approximate surface area is 99.2 Å². The Balaban J connectivity index is 3.29. The second-order valence-electron chi connectivity index (χ2n) is 2.60. The molecule has 0 spiro atoms. The predicted octanol–water partition coefficient (Wildman–Crippen LogP) is 3.19. The van der Waals surface area contributed by atoms with Gasteiger partial charge in [0, 0.05) is 4.47 Å². The highest BCUT2D eigenvalue weighted by Crippen LogP contribution is 2.28. The second kappa shape index (κ2) is 4.94. The number of benzene rings is 1. The van der Waals surface area contributed by atoms with Crippen LogP contribution in [-0.2, 0) is 4.74 Å². The van der Waals surface area contributed by atoms with Gasteiger partial charge in [-0.3, -0.25) is 0 Å². The SMILES string of the molecule is CCOC(=O)c1c(F)cc(Br)c(S)c1F. The molecule has 0 aliphatic heterocycles. The van der Waals surface area contributed by atoms with Gasteiger partial charge in [-0.2, -0.15) is 0 Å². The standard InChI is InChI=1S/C9H7BrF2O2S/c1-2-14-9(13)6-5(11)3-4(10)8(15)7(6)12/h3,15H,2H2,1H3. The summed E-state index contributed by atoms with van der Waals surface area (Å²) in [7, 11) is 0. The smallest absolute Gasteiger partial charge is 0.344 e. The lowest BCUT2D eigenvalue weighted by Crippen LogP contribution is -2.10. The van der Waals surface area contributed by atoms with E-state index in [1.54, 1.807) is 6.92 Å². The number of hydrogen-bond donors (Lipinski definition) is 1. The van der Waals surface area contributed by atoms with Gasteiger partial charge in [0.2, 0.25) is 0 Å². The topological polar surface area (TPSA) is 26.3 Å². The summed E-state index contributed by atoms with van der Waals surface area (Å²) in [6, 6.07) is 0.970. The van der Waals surface area contributed by atoms with Crippen molar-refractivity contribution in [2.75, 3.05) is 6.61 Å². The van der Waals surface area contributed by atoms with Gasteiger partial charge in [0.15, 0.2) is 5.82 Å². The maximum absolute atomic E-state index is 13.4. The minimum Gasteiger partial charge on any atom is -0.462 e. The lowest BCUT2D eigenvalue weighted by atomic mass is 10.2. The minimum atomic E-state index is -1.03. The molecule has 1 aromatic rings. The summed E-state index contributed by atoms with van der Waals surface area (Å²) in [5, 5.41) is 0. The highest BCUT2D eigenvalue weighted by atomic mass is 79.9. The molecule has 82 valence electrons. The average molecular weight is 297 g/mol. The Kier molecular flexibility index (Phi) is 4.10. The molecule has 0 fully saturated rings. The van der Waals surface area contributed by atoms with E-state index in [1.165, 1.54) is 0 Å². The molecule has 1 rings (SSSR count). The zero-order valence-corrected chi connectivity index (χ0v) is 10.2. The summed E-state index contributed by atoms with van der Waals surface area (Å²) in [5.41, 5.74) is -0.718. The fourth-order valence-electron chi connectivity index (χ4n) is 0.970. The van der Waals surface area contributed by atoms with Gasteiger partial charge in [-0.1, -0.05) is 0 Å². The number of esters is 1. The van der Waals surface area contributed by atoms with Crippen molar-refractivity contribution in [3.8, 4) is 0 Å². The number of carbonyl (C=O) groups excluding carboxylic acids is 1. The predicted molar refractivity (Wildman–Crippen MR) is 57.3 cm³/mol. The van der Waals surface area contributed by atoms with Gasteiger partial charge in [0.1, 0.15) is 11.4 Å². The summed E-state index contributed by atoms with van der Waals surface area (Å²) in [6.45, 7) is 1.60. The molecule has 0 aliphatic carbocycles. The largest absolute Gasteiger partial charge is 0.462 e. The van der Waals surface area contributed by atoms with Crippen molar-refractivity contribution in [3.05, 3.63) is 27.7 Å². The molecule has 2 nitrogen and oxygen atoms in total. The molecule has 0 saturated carbocycles. The molecule has 0 amide bonds. The number of thiol groups is 1. The van der Waals surface area contributed by atoms with Crippen LogP contribution in [0.25, 0.3) is 0 Å². The summed E-state index contributed by atoms with van der Waals surface area (Å²) >= 11 is 6.71. The van der Waals surface area contributed by atoms with Crippen molar-refractivity contribution >= 4 is 34.5 Å². The normalized spacial score (nSPS) is 10.2. The van der Waals surface area contributed by atoms with Gasteiger partial charge in [0.25, 0.3) is 0 Å². The van der Waals surface area contributed by atoms with Crippen LogP contribution in [0.15, 0.2) is 15.4 Å². The van der Waals surface area contributed by atoms with Gasteiger partial charge in [0.05, 0.1) is 11.5 Å². The lowest BCUT2D eigenvalue weighted by Gasteiger charge is -2.07. The first kappa shape index (κ1) is 12.4. The maximum atomic E-state index is 13.4. The first-order chi connectivity index (χ1) is 6.99. The average Bonchev–Trinajstić information content (AvgIpc) is 2.15.